The van der Waals surface area contributed by atoms with E-state index in [0.717, 1.165) is 11.3 Å². The molecule has 0 aromatic heterocycles. The van der Waals surface area contributed by atoms with Gasteiger partial charge in [-0.15, -0.1) is 0 Å². The van der Waals surface area contributed by atoms with E-state index in [9.17, 15) is 9.18 Å². The summed E-state index contributed by atoms with van der Waals surface area (Å²) in [6.07, 6.45) is 0.741. The molecule has 148 valence electrons. The maximum atomic E-state index is 14.1. The predicted molar refractivity (Wildman–Crippen MR) is 109 cm³/mol. The Balaban J connectivity index is 1.68. The molecule has 1 atom stereocenters. The van der Waals surface area contributed by atoms with Crippen LogP contribution >= 0.6 is 11.6 Å². The summed E-state index contributed by atoms with van der Waals surface area (Å²) in [6, 6.07) is 13.9. The smallest absolute Gasteiger partial charge is 0.223 e. The first-order valence-corrected chi connectivity index (χ1v) is 9.80. The van der Waals surface area contributed by atoms with E-state index in [0.29, 0.717) is 30.0 Å². The standard InChI is InChI=1S/C22H24ClFN2O2/c1-15(2)11-22(27)26(13-17-5-3-4-6-20(17)24)14-19-12-21(25-28-19)16-7-9-18(23)10-8-16/h3-10,15,19H,11-14H2,1-2H3/t19-/m0/s1. The van der Waals surface area contributed by atoms with Crippen molar-refractivity contribution in [2.75, 3.05) is 6.54 Å². The Kier molecular flexibility index (Phi) is 6.68. The van der Waals surface area contributed by atoms with Crippen molar-refractivity contribution in [3.05, 3.63) is 70.5 Å². The Morgan fingerprint density at radius 3 is 2.64 bits per heavy atom. The lowest BCUT2D eigenvalue weighted by atomic mass is 10.0. The molecule has 3 rings (SSSR count). The van der Waals surface area contributed by atoms with Crippen molar-refractivity contribution in [1.82, 2.24) is 4.90 Å². The molecule has 1 amide bonds. The quantitative estimate of drug-likeness (QED) is 0.650. The number of hydrogen-bond acceptors (Lipinski definition) is 3. The van der Waals surface area contributed by atoms with Crippen molar-refractivity contribution >= 4 is 23.2 Å². The maximum absolute atomic E-state index is 14.1. The molecule has 0 aliphatic carbocycles. The zero-order valence-corrected chi connectivity index (χ0v) is 16.8. The molecular weight excluding hydrogens is 379 g/mol. The molecule has 28 heavy (non-hydrogen) atoms. The fourth-order valence-electron chi connectivity index (χ4n) is 3.15. The van der Waals surface area contributed by atoms with Crippen molar-refractivity contribution in [3.8, 4) is 0 Å². The highest BCUT2D eigenvalue weighted by Crippen LogP contribution is 2.21. The van der Waals surface area contributed by atoms with Crippen LogP contribution in [0.25, 0.3) is 0 Å². The molecule has 2 aromatic rings. The van der Waals surface area contributed by atoms with Gasteiger partial charge in [-0.05, 0) is 29.7 Å². The molecule has 0 unspecified atom stereocenters. The monoisotopic (exact) mass is 402 g/mol. The van der Waals surface area contributed by atoms with Crippen LogP contribution in [0, 0.1) is 11.7 Å². The molecule has 6 heteroatoms. The van der Waals surface area contributed by atoms with Crippen LogP contribution in [0.15, 0.2) is 53.7 Å². The third-order valence-electron chi connectivity index (χ3n) is 4.59. The normalized spacial score (nSPS) is 16.0. The van der Waals surface area contributed by atoms with Gasteiger partial charge in [0.05, 0.1) is 12.3 Å². The van der Waals surface area contributed by atoms with Gasteiger partial charge in [-0.3, -0.25) is 4.79 Å². The van der Waals surface area contributed by atoms with Gasteiger partial charge in [-0.2, -0.15) is 0 Å². The van der Waals surface area contributed by atoms with Crippen molar-refractivity contribution in [1.29, 1.82) is 0 Å². The summed E-state index contributed by atoms with van der Waals surface area (Å²) in [7, 11) is 0. The highest BCUT2D eigenvalue weighted by Gasteiger charge is 2.27. The fraction of sp³-hybridized carbons (Fsp3) is 0.364. The first-order valence-electron chi connectivity index (χ1n) is 9.42. The van der Waals surface area contributed by atoms with Crippen LogP contribution in [0.3, 0.4) is 0 Å². The lowest BCUT2D eigenvalue weighted by Crippen LogP contribution is -2.38. The summed E-state index contributed by atoms with van der Waals surface area (Å²) in [5.41, 5.74) is 2.27. The van der Waals surface area contributed by atoms with E-state index in [1.165, 1.54) is 6.07 Å². The molecule has 0 saturated carbocycles. The summed E-state index contributed by atoms with van der Waals surface area (Å²) in [5, 5.41) is 4.84. The summed E-state index contributed by atoms with van der Waals surface area (Å²) < 4.78 is 14.1. The fourth-order valence-corrected chi connectivity index (χ4v) is 3.28. The van der Waals surface area contributed by atoms with Gasteiger partial charge in [0.2, 0.25) is 5.91 Å². The van der Waals surface area contributed by atoms with Gasteiger partial charge >= 0.3 is 0 Å². The number of benzene rings is 2. The Bertz CT molecular complexity index is 852. The Morgan fingerprint density at radius 1 is 1.25 bits per heavy atom. The van der Waals surface area contributed by atoms with Gasteiger partial charge in [0.1, 0.15) is 5.82 Å². The Labute approximate surface area is 169 Å². The van der Waals surface area contributed by atoms with Crippen molar-refractivity contribution in [2.45, 2.75) is 39.3 Å². The highest BCUT2D eigenvalue weighted by molar-refractivity contribution is 6.30. The van der Waals surface area contributed by atoms with E-state index >= 15 is 0 Å². The van der Waals surface area contributed by atoms with Crippen molar-refractivity contribution in [2.24, 2.45) is 11.1 Å². The number of oxime groups is 1. The number of hydrogen-bond donors (Lipinski definition) is 0. The second-order valence-electron chi connectivity index (χ2n) is 7.44. The van der Waals surface area contributed by atoms with E-state index < -0.39 is 0 Å². The van der Waals surface area contributed by atoms with E-state index in [4.69, 9.17) is 16.4 Å². The summed E-state index contributed by atoms with van der Waals surface area (Å²) >= 11 is 5.94. The number of carbonyl (C=O) groups excluding carboxylic acids is 1. The van der Waals surface area contributed by atoms with E-state index in [-0.39, 0.29) is 30.3 Å². The third-order valence-corrected chi connectivity index (χ3v) is 4.84. The van der Waals surface area contributed by atoms with Crippen LogP contribution < -0.4 is 0 Å². The van der Waals surface area contributed by atoms with Crippen molar-refractivity contribution < 1.29 is 14.0 Å². The predicted octanol–water partition coefficient (Wildman–Crippen LogP) is 5.05. The van der Waals surface area contributed by atoms with Gasteiger partial charge in [0, 0.05) is 30.0 Å². The number of carbonyl (C=O) groups is 1. The van der Waals surface area contributed by atoms with Crippen LogP contribution in [0.5, 0.6) is 0 Å². The van der Waals surface area contributed by atoms with Crippen LogP contribution in [-0.2, 0) is 16.2 Å². The molecule has 1 heterocycles. The highest BCUT2D eigenvalue weighted by atomic mass is 35.5. The van der Waals surface area contributed by atoms with Crippen molar-refractivity contribution in [3.63, 3.8) is 0 Å². The molecule has 4 nitrogen and oxygen atoms in total. The van der Waals surface area contributed by atoms with Gasteiger partial charge in [-0.1, -0.05) is 60.9 Å². The number of halogens is 2. The SMILES string of the molecule is CC(C)CC(=O)N(Cc1ccccc1F)C[C@@H]1CC(c2ccc(Cl)cc2)=NO1. The lowest BCUT2D eigenvalue weighted by molar-refractivity contribution is -0.134. The van der Waals surface area contributed by atoms with E-state index in [1.54, 1.807) is 23.1 Å². The van der Waals surface area contributed by atoms with E-state index in [2.05, 4.69) is 5.16 Å². The molecular formula is C22H24ClFN2O2. The summed E-state index contributed by atoms with van der Waals surface area (Å²) in [5.74, 6) is -0.0990. The van der Waals surface area contributed by atoms with Crippen LogP contribution in [0.4, 0.5) is 4.39 Å². The second kappa shape index (κ2) is 9.20. The molecule has 0 saturated heterocycles. The number of nitrogens with zero attached hydrogens (tertiary/aromatic N) is 2. The molecule has 0 radical (unpaired) electrons. The topological polar surface area (TPSA) is 41.9 Å². The molecule has 1 aliphatic heterocycles. The zero-order valence-electron chi connectivity index (χ0n) is 16.1. The van der Waals surface area contributed by atoms with Gasteiger partial charge in [0.15, 0.2) is 6.10 Å². The molecule has 0 spiro atoms. The minimum atomic E-state index is -0.310. The molecule has 1 aliphatic rings. The second-order valence-corrected chi connectivity index (χ2v) is 7.88. The first kappa shape index (κ1) is 20.3. The van der Waals surface area contributed by atoms with Gasteiger partial charge in [-0.25, -0.2) is 4.39 Å². The van der Waals surface area contributed by atoms with Gasteiger partial charge in [0.25, 0.3) is 0 Å². The van der Waals surface area contributed by atoms with Gasteiger partial charge < -0.3 is 9.74 Å². The summed E-state index contributed by atoms with van der Waals surface area (Å²) in [4.78, 5) is 20.0. The number of rotatable bonds is 7. The molecule has 0 bridgehead atoms. The minimum absolute atomic E-state index is 0.0122. The third kappa shape index (κ3) is 5.32. The zero-order chi connectivity index (χ0) is 20.1. The van der Waals surface area contributed by atoms with Crippen LogP contribution in [0.2, 0.25) is 5.02 Å². The van der Waals surface area contributed by atoms with Crippen LogP contribution in [-0.4, -0.2) is 29.2 Å². The van der Waals surface area contributed by atoms with Crippen LogP contribution in [0.1, 0.15) is 37.8 Å². The Hall–Kier alpha value is -2.40. The number of amides is 1. The first-order chi connectivity index (χ1) is 13.4. The molecule has 0 fully saturated rings. The Morgan fingerprint density at radius 2 is 1.96 bits per heavy atom. The average Bonchev–Trinajstić information content (AvgIpc) is 3.11. The summed E-state index contributed by atoms with van der Waals surface area (Å²) in [6.45, 7) is 4.56. The molecule has 2 aromatic carbocycles. The largest absolute Gasteiger partial charge is 0.390 e. The maximum Gasteiger partial charge on any atom is 0.223 e. The minimum Gasteiger partial charge on any atom is -0.390 e. The lowest BCUT2D eigenvalue weighted by Gasteiger charge is -2.26. The van der Waals surface area contributed by atoms with E-state index in [1.807, 2.05) is 38.1 Å². The molecule has 0 N–H and O–H groups in total. The average molecular weight is 403 g/mol.